The molecule has 0 unspecified atom stereocenters. The van der Waals surface area contributed by atoms with Gasteiger partial charge in [0.15, 0.2) is 0 Å². The number of hydrogen-bond donors (Lipinski definition) is 1. The molecular weight excluding hydrogens is 423 g/mol. The molecular formula is C26H26ClFN4. The van der Waals surface area contributed by atoms with Gasteiger partial charge in [-0.1, -0.05) is 91.7 Å². The Morgan fingerprint density at radius 2 is 1.66 bits per heavy atom. The van der Waals surface area contributed by atoms with E-state index in [0.29, 0.717) is 17.1 Å². The highest BCUT2D eigenvalue weighted by molar-refractivity contribution is 6.31. The molecule has 0 spiro atoms. The Bertz CT molecular complexity index is 1120. The van der Waals surface area contributed by atoms with E-state index >= 15 is 0 Å². The Hall–Kier alpha value is -3.02. The largest absolute Gasteiger partial charge is 0.304 e. The molecule has 0 bridgehead atoms. The van der Waals surface area contributed by atoms with E-state index in [0.717, 1.165) is 29.8 Å². The van der Waals surface area contributed by atoms with Crippen molar-refractivity contribution in [3.63, 3.8) is 0 Å². The maximum Gasteiger partial charge on any atom is 0.129 e. The van der Waals surface area contributed by atoms with E-state index in [1.807, 2.05) is 36.4 Å². The molecule has 3 aromatic carbocycles. The second-order valence-corrected chi connectivity index (χ2v) is 8.13. The summed E-state index contributed by atoms with van der Waals surface area (Å²) in [5, 5.41) is 13.4. The van der Waals surface area contributed by atoms with Crippen LogP contribution >= 0.6 is 11.6 Å². The predicted molar refractivity (Wildman–Crippen MR) is 127 cm³/mol. The lowest BCUT2D eigenvalue weighted by Crippen LogP contribution is -2.21. The van der Waals surface area contributed by atoms with E-state index in [2.05, 4.69) is 36.5 Å². The Labute approximate surface area is 193 Å². The quantitative estimate of drug-likeness (QED) is 0.321. The highest BCUT2D eigenvalue weighted by atomic mass is 35.5. The molecule has 0 aliphatic rings. The van der Waals surface area contributed by atoms with Crippen molar-refractivity contribution in [2.45, 2.75) is 38.9 Å². The molecule has 32 heavy (non-hydrogen) atoms. The lowest BCUT2D eigenvalue weighted by molar-refractivity contribution is 0.484. The molecule has 0 saturated heterocycles. The summed E-state index contributed by atoms with van der Waals surface area (Å²) in [5.41, 5.74) is 4.22. The molecule has 1 aromatic heterocycles. The van der Waals surface area contributed by atoms with E-state index in [9.17, 15) is 4.39 Å². The van der Waals surface area contributed by atoms with Crippen molar-refractivity contribution in [1.29, 1.82) is 0 Å². The minimum absolute atomic E-state index is 0.169. The summed E-state index contributed by atoms with van der Waals surface area (Å²) in [6, 6.07) is 25.3. The number of rotatable bonds is 9. The Balaban J connectivity index is 1.63. The highest BCUT2D eigenvalue weighted by Gasteiger charge is 2.17. The number of benzene rings is 3. The Morgan fingerprint density at radius 3 is 2.34 bits per heavy atom. The second-order valence-electron chi connectivity index (χ2n) is 7.72. The zero-order valence-corrected chi connectivity index (χ0v) is 18.8. The van der Waals surface area contributed by atoms with E-state index in [1.54, 1.807) is 12.1 Å². The van der Waals surface area contributed by atoms with Crippen LogP contribution in [0.3, 0.4) is 0 Å². The van der Waals surface area contributed by atoms with Gasteiger partial charge in [0.1, 0.15) is 17.2 Å². The lowest BCUT2D eigenvalue weighted by atomic mass is 10.0. The minimum Gasteiger partial charge on any atom is -0.304 e. The standard InChI is InChI=1S/C26H26ClFN4/c1-2-10-24(19-11-5-3-6-12-19)29-17-25-26(20-13-7-4-8-14-20)31-32(30-25)18-21-22(27)15-9-16-23(21)28/h3-9,11-16,24,29H,2,10,17-18H2,1H3/t24-/m1/s1. The van der Waals surface area contributed by atoms with Crippen molar-refractivity contribution in [1.82, 2.24) is 20.3 Å². The first-order valence-corrected chi connectivity index (χ1v) is 11.2. The maximum absolute atomic E-state index is 14.3. The van der Waals surface area contributed by atoms with Crippen LogP contribution in [0, 0.1) is 5.82 Å². The van der Waals surface area contributed by atoms with Gasteiger partial charge in [-0.05, 0) is 24.1 Å². The van der Waals surface area contributed by atoms with Gasteiger partial charge in [-0.25, -0.2) is 4.39 Å². The number of nitrogens with zero attached hydrogens (tertiary/aromatic N) is 3. The molecule has 0 amide bonds. The first-order chi connectivity index (χ1) is 15.7. The number of aromatic nitrogens is 3. The molecule has 1 atom stereocenters. The van der Waals surface area contributed by atoms with Crippen molar-refractivity contribution < 1.29 is 4.39 Å². The Kier molecular flexibility index (Phi) is 7.30. The third-order valence-corrected chi connectivity index (χ3v) is 5.78. The summed E-state index contributed by atoms with van der Waals surface area (Å²) in [6.07, 6.45) is 2.08. The molecule has 4 nitrogen and oxygen atoms in total. The van der Waals surface area contributed by atoms with Crippen LogP contribution in [0.1, 0.15) is 42.6 Å². The predicted octanol–water partition coefficient (Wildman–Crippen LogP) is 6.42. The summed E-state index contributed by atoms with van der Waals surface area (Å²) in [4.78, 5) is 1.53. The third kappa shape index (κ3) is 5.23. The number of nitrogens with one attached hydrogen (secondary N) is 1. The third-order valence-electron chi connectivity index (χ3n) is 5.43. The minimum atomic E-state index is -0.358. The molecule has 1 heterocycles. The van der Waals surface area contributed by atoms with Crippen LogP contribution < -0.4 is 5.32 Å². The summed E-state index contributed by atoms with van der Waals surface area (Å²) >= 11 is 6.23. The molecule has 4 rings (SSSR count). The average molecular weight is 449 g/mol. The lowest BCUT2D eigenvalue weighted by Gasteiger charge is -2.18. The zero-order valence-electron chi connectivity index (χ0n) is 18.0. The van der Waals surface area contributed by atoms with Gasteiger partial charge in [0.05, 0.1) is 6.54 Å². The molecule has 164 valence electrons. The van der Waals surface area contributed by atoms with Crippen LogP contribution in [0.25, 0.3) is 11.3 Å². The summed E-state index contributed by atoms with van der Waals surface area (Å²) in [6.45, 7) is 2.90. The van der Waals surface area contributed by atoms with Crippen LogP contribution in [0.5, 0.6) is 0 Å². The van der Waals surface area contributed by atoms with Crippen molar-refractivity contribution >= 4 is 11.6 Å². The molecule has 6 heteroatoms. The van der Waals surface area contributed by atoms with Gasteiger partial charge in [0.2, 0.25) is 0 Å². The molecule has 0 radical (unpaired) electrons. The highest BCUT2D eigenvalue weighted by Crippen LogP contribution is 2.25. The Morgan fingerprint density at radius 1 is 0.938 bits per heavy atom. The monoisotopic (exact) mass is 448 g/mol. The number of halogens is 2. The van der Waals surface area contributed by atoms with Gasteiger partial charge < -0.3 is 5.32 Å². The summed E-state index contributed by atoms with van der Waals surface area (Å²) < 4.78 is 14.3. The zero-order chi connectivity index (χ0) is 22.3. The molecule has 4 aromatic rings. The van der Waals surface area contributed by atoms with Crippen molar-refractivity contribution in [2.24, 2.45) is 0 Å². The smallest absolute Gasteiger partial charge is 0.129 e. The normalized spacial score (nSPS) is 12.1. The van der Waals surface area contributed by atoms with Crippen LogP contribution in [0.2, 0.25) is 5.02 Å². The van der Waals surface area contributed by atoms with Crippen LogP contribution in [0.15, 0.2) is 78.9 Å². The molecule has 0 saturated carbocycles. The fourth-order valence-electron chi connectivity index (χ4n) is 3.80. The first-order valence-electron chi connectivity index (χ1n) is 10.9. The van der Waals surface area contributed by atoms with E-state index in [1.165, 1.54) is 16.4 Å². The SMILES string of the molecule is CCC[C@@H](NCc1nn(Cc2c(F)cccc2Cl)nc1-c1ccccc1)c1ccccc1. The van der Waals surface area contributed by atoms with Gasteiger partial charge in [-0.15, -0.1) is 0 Å². The van der Waals surface area contributed by atoms with Gasteiger partial charge >= 0.3 is 0 Å². The van der Waals surface area contributed by atoms with E-state index in [4.69, 9.17) is 21.8 Å². The average Bonchev–Trinajstić information content (AvgIpc) is 3.23. The van der Waals surface area contributed by atoms with Crippen molar-refractivity contribution in [2.75, 3.05) is 0 Å². The fourth-order valence-corrected chi connectivity index (χ4v) is 4.02. The van der Waals surface area contributed by atoms with Crippen molar-refractivity contribution in [3.05, 3.63) is 107 Å². The molecule has 0 fully saturated rings. The van der Waals surface area contributed by atoms with Gasteiger partial charge in [0.25, 0.3) is 0 Å². The topological polar surface area (TPSA) is 42.7 Å². The van der Waals surface area contributed by atoms with Crippen LogP contribution in [0.4, 0.5) is 4.39 Å². The second kappa shape index (κ2) is 10.5. The van der Waals surface area contributed by atoms with Gasteiger partial charge in [0, 0.05) is 28.7 Å². The summed E-state index contributed by atoms with van der Waals surface area (Å²) in [5.74, 6) is -0.358. The van der Waals surface area contributed by atoms with Crippen LogP contribution in [-0.4, -0.2) is 15.0 Å². The summed E-state index contributed by atoms with van der Waals surface area (Å²) in [7, 11) is 0. The fraction of sp³-hybridized carbons (Fsp3) is 0.231. The number of hydrogen-bond acceptors (Lipinski definition) is 3. The van der Waals surface area contributed by atoms with Gasteiger partial charge in [-0.3, -0.25) is 0 Å². The van der Waals surface area contributed by atoms with Crippen LogP contribution in [-0.2, 0) is 13.1 Å². The maximum atomic E-state index is 14.3. The van der Waals surface area contributed by atoms with Crippen molar-refractivity contribution in [3.8, 4) is 11.3 Å². The van der Waals surface area contributed by atoms with E-state index in [-0.39, 0.29) is 18.4 Å². The molecule has 0 aliphatic heterocycles. The first kappa shape index (κ1) is 22.2. The molecule has 1 N–H and O–H groups in total. The molecule has 0 aliphatic carbocycles. The van der Waals surface area contributed by atoms with Gasteiger partial charge in [-0.2, -0.15) is 15.0 Å². The van der Waals surface area contributed by atoms with E-state index < -0.39 is 0 Å².